The molecule has 0 aliphatic heterocycles. The van der Waals surface area contributed by atoms with E-state index in [2.05, 4.69) is 5.10 Å². The molecule has 0 saturated heterocycles. The van der Waals surface area contributed by atoms with E-state index in [4.69, 9.17) is 5.73 Å². The minimum absolute atomic E-state index is 0.267. The van der Waals surface area contributed by atoms with Gasteiger partial charge in [0.05, 0.1) is 6.21 Å². The molecule has 1 amide bonds. The highest BCUT2D eigenvalue weighted by Crippen LogP contribution is 2.09. The Balaban J connectivity index is 2.83. The third kappa shape index (κ3) is 2.55. The molecule has 0 radical (unpaired) electrons. The molecule has 1 rings (SSSR count). The molecule has 0 bridgehead atoms. The lowest BCUT2D eigenvalue weighted by Crippen LogP contribution is -2.01. The maximum absolute atomic E-state index is 13.0. The van der Waals surface area contributed by atoms with E-state index in [0.29, 0.717) is 12.1 Å². The number of benzene rings is 1. The monoisotopic (exact) mass is 181 g/mol. The second kappa shape index (κ2) is 4.20. The first-order valence-corrected chi connectivity index (χ1v) is 3.51. The number of carbonyl (C=O) groups is 1. The van der Waals surface area contributed by atoms with Crippen molar-refractivity contribution >= 4 is 18.3 Å². The van der Waals surface area contributed by atoms with Crippen LogP contribution in [0.2, 0.25) is 0 Å². The highest BCUT2D eigenvalue weighted by Gasteiger charge is 1.98. The molecular formula is C8H8FN3O. The van der Waals surface area contributed by atoms with Crippen LogP contribution < -0.4 is 11.2 Å². The molecule has 0 heterocycles. The number of hydrogen-bond acceptors (Lipinski definition) is 3. The molecule has 0 atom stereocenters. The lowest BCUT2D eigenvalue weighted by Gasteiger charge is -1.96. The van der Waals surface area contributed by atoms with Crippen molar-refractivity contribution in [3.63, 3.8) is 0 Å². The van der Waals surface area contributed by atoms with E-state index in [-0.39, 0.29) is 5.56 Å². The van der Waals surface area contributed by atoms with Crippen molar-refractivity contribution in [2.24, 2.45) is 5.10 Å². The Bertz CT molecular complexity index is 338. The second-order valence-corrected chi connectivity index (χ2v) is 2.29. The van der Waals surface area contributed by atoms with Crippen LogP contribution >= 0.6 is 0 Å². The Labute approximate surface area is 74.2 Å². The van der Waals surface area contributed by atoms with Crippen LogP contribution in [0, 0.1) is 5.82 Å². The largest absolute Gasteiger partial charge is 0.399 e. The number of hydrazone groups is 1. The highest BCUT2D eigenvalue weighted by atomic mass is 19.1. The molecule has 0 aliphatic rings. The molecule has 68 valence electrons. The molecule has 3 N–H and O–H groups in total. The van der Waals surface area contributed by atoms with Gasteiger partial charge in [-0.3, -0.25) is 4.79 Å². The molecule has 0 saturated carbocycles. The Morgan fingerprint density at radius 3 is 2.92 bits per heavy atom. The topological polar surface area (TPSA) is 67.5 Å². The summed E-state index contributed by atoms with van der Waals surface area (Å²) in [7, 11) is 0. The Morgan fingerprint density at radius 1 is 1.54 bits per heavy atom. The van der Waals surface area contributed by atoms with Crippen LogP contribution in [0.5, 0.6) is 0 Å². The van der Waals surface area contributed by atoms with Crippen LogP contribution in [0.4, 0.5) is 10.1 Å². The number of nitrogens with zero attached hydrogens (tertiary/aromatic N) is 1. The molecule has 13 heavy (non-hydrogen) atoms. The van der Waals surface area contributed by atoms with Crippen molar-refractivity contribution in [1.82, 2.24) is 5.43 Å². The Hall–Kier alpha value is -1.91. The van der Waals surface area contributed by atoms with Crippen LogP contribution in [0.15, 0.2) is 23.3 Å². The lowest BCUT2D eigenvalue weighted by molar-refractivity contribution is -0.109. The third-order valence-electron chi connectivity index (χ3n) is 1.36. The van der Waals surface area contributed by atoms with Crippen molar-refractivity contribution in [3.05, 3.63) is 29.6 Å². The molecule has 0 aromatic heterocycles. The quantitative estimate of drug-likeness (QED) is 0.308. The van der Waals surface area contributed by atoms with Gasteiger partial charge in [0, 0.05) is 11.3 Å². The first kappa shape index (κ1) is 9.18. The van der Waals surface area contributed by atoms with E-state index in [1.54, 1.807) is 6.07 Å². The van der Waals surface area contributed by atoms with Crippen LogP contribution in [0.1, 0.15) is 5.56 Å². The number of anilines is 1. The third-order valence-corrected chi connectivity index (χ3v) is 1.36. The predicted octanol–water partition coefficient (Wildman–Crippen LogP) is 0.488. The molecule has 0 fully saturated rings. The summed E-state index contributed by atoms with van der Waals surface area (Å²) in [5.74, 6) is -0.476. The Kier molecular flexibility index (Phi) is 2.97. The second-order valence-electron chi connectivity index (χ2n) is 2.29. The zero-order valence-electron chi connectivity index (χ0n) is 6.70. The standard InChI is InChI=1S/C8H8FN3O/c9-8-3-7(10)2-1-6(8)4-11-12-5-13/h1-5H,10H2,(H,12,13)/b11-4+. The SMILES string of the molecule is Nc1ccc(/C=N/NC=O)c(F)c1. The molecule has 4 nitrogen and oxygen atoms in total. The summed E-state index contributed by atoms with van der Waals surface area (Å²) in [6.45, 7) is 0. The zero-order valence-corrected chi connectivity index (χ0v) is 6.70. The summed E-state index contributed by atoms with van der Waals surface area (Å²) in [5, 5.41) is 3.43. The van der Waals surface area contributed by atoms with Gasteiger partial charge in [0.15, 0.2) is 0 Å². The van der Waals surface area contributed by atoms with E-state index in [0.717, 1.165) is 0 Å². The number of nitrogens with one attached hydrogen (secondary N) is 1. The molecule has 1 aromatic carbocycles. The average Bonchev–Trinajstić information content (AvgIpc) is 2.09. The summed E-state index contributed by atoms with van der Waals surface area (Å²) >= 11 is 0. The summed E-state index contributed by atoms with van der Waals surface area (Å²) in [6.07, 6.45) is 1.59. The van der Waals surface area contributed by atoms with Gasteiger partial charge in [-0.15, -0.1) is 0 Å². The summed E-state index contributed by atoms with van der Waals surface area (Å²) in [4.78, 5) is 9.80. The number of nitrogens with two attached hydrogens (primary N) is 1. The van der Waals surface area contributed by atoms with Crippen LogP contribution in [-0.4, -0.2) is 12.6 Å². The number of halogens is 1. The number of nitrogen functional groups attached to an aromatic ring is 1. The van der Waals surface area contributed by atoms with Gasteiger partial charge in [0.25, 0.3) is 0 Å². The zero-order chi connectivity index (χ0) is 9.68. The molecule has 0 unspecified atom stereocenters. The normalized spacial score (nSPS) is 10.2. The van der Waals surface area contributed by atoms with Crippen molar-refractivity contribution in [3.8, 4) is 0 Å². The molecule has 0 spiro atoms. The van der Waals surface area contributed by atoms with Gasteiger partial charge in [-0.05, 0) is 18.2 Å². The fourth-order valence-electron chi connectivity index (χ4n) is 0.785. The van der Waals surface area contributed by atoms with Crippen LogP contribution in [-0.2, 0) is 4.79 Å². The molecule has 0 aliphatic carbocycles. The van der Waals surface area contributed by atoms with E-state index in [1.165, 1.54) is 18.3 Å². The van der Waals surface area contributed by atoms with Crippen LogP contribution in [0.3, 0.4) is 0 Å². The van der Waals surface area contributed by atoms with Crippen molar-refractivity contribution in [2.75, 3.05) is 5.73 Å². The number of rotatable bonds is 3. The van der Waals surface area contributed by atoms with Crippen molar-refractivity contribution in [2.45, 2.75) is 0 Å². The molecule has 5 heteroatoms. The van der Waals surface area contributed by atoms with Gasteiger partial charge < -0.3 is 5.73 Å². The van der Waals surface area contributed by atoms with Gasteiger partial charge in [-0.2, -0.15) is 5.10 Å². The number of carbonyl (C=O) groups excluding carboxylic acids is 1. The summed E-state index contributed by atoms with van der Waals surface area (Å²) < 4.78 is 13.0. The van der Waals surface area contributed by atoms with Crippen LogP contribution in [0.25, 0.3) is 0 Å². The predicted molar refractivity (Wildman–Crippen MR) is 47.6 cm³/mol. The van der Waals surface area contributed by atoms with Gasteiger partial charge in [-0.1, -0.05) is 0 Å². The fraction of sp³-hybridized carbons (Fsp3) is 0. The minimum Gasteiger partial charge on any atom is -0.399 e. The van der Waals surface area contributed by atoms with E-state index < -0.39 is 5.82 Å². The maximum Gasteiger partial charge on any atom is 0.227 e. The van der Waals surface area contributed by atoms with E-state index in [1.807, 2.05) is 5.43 Å². The fourth-order valence-corrected chi connectivity index (χ4v) is 0.785. The Morgan fingerprint density at radius 2 is 2.31 bits per heavy atom. The van der Waals surface area contributed by atoms with Crippen molar-refractivity contribution < 1.29 is 9.18 Å². The highest BCUT2D eigenvalue weighted by molar-refractivity contribution is 5.80. The smallest absolute Gasteiger partial charge is 0.227 e. The average molecular weight is 181 g/mol. The minimum atomic E-state index is -0.476. The summed E-state index contributed by atoms with van der Waals surface area (Å²) in [5.41, 5.74) is 7.97. The van der Waals surface area contributed by atoms with Crippen molar-refractivity contribution in [1.29, 1.82) is 0 Å². The van der Waals surface area contributed by atoms with Gasteiger partial charge in [0.2, 0.25) is 6.41 Å². The van der Waals surface area contributed by atoms with E-state index in [9.17, 15) is 9.18 Å². The lowest BCUT2D eigenvalue weighted by atomic mass is 10.2. The summed E-state index contributed by atoms with van der Waals surface area (Å²) in [6, 6.07) is 4.20. The van der Waals surface area contributed by atoms with E-state index >= 15 is 0 Å². The van der Waals surface area contributed by atoms with Gasteiger partial charge >= 0.3 is 0 Å². The number of amides is 1. The number of hydrogen-bond donors (Lipinski definition) is 2. The first-order chi connectivity index (χ1) is 6.24. The first-order valence-electron chi connectivity index (χ1n) is 3.51. The van der Waals surface area contributed by atoms with Gasteiger partial charge in [-0.25, -0.2) is 9.82 Å². The maximum atomic E-state index is 13.0. The molecule has 1 aromatic rings. The van der Waals surface area contributed by atoms with Gasteiger partial charge in [0.1, 0.15) is 5.82 Å². The molecular weight excluding hydrogens is 173 g/mol.